The number of methoxy groups -OCH3 is 1. The Morgan fingerprint density at radius 3 is 2.21 bits per heavy atom. The molecule has 28 heavy (non-hydrogen) atoms. The van der Waals surface area contributed by atoms with Crippen molar-refractivity contribution in [1.82, 2.24) is 4.72 Å². The normalized spacial score (nSPS) is 11.9. The lowest BCUT2D eigenvalue weighted by Gasteiger charge is -2.11. The van der Waals surface area contributed by atoms with Crippen molar-refractivity contribution in [2.75, 3.05) is 32.6 Å². The number of hydrogen-bond acceptors (Lipinski definition) is 5. The van der Waals surface area contributed by atoms with Crippen LogP contribution in [0.5, 0.6) is 17.2 Å². The number of hydrogen-bond donors (Lipinski definition) is 1. The molecule has 0 atom stereocenters. The molecular weight excluding hydrogens is 399 g/mol. The third-order valence-corrected chi connectivity index (χ3v) is 4.88. The van der Waals surface area contributed by atoms with Crippen molar-refractivity contribution in [2.45, 2.75) is 6.18 Å². The third-order valence-electron chi connectivity index (χ3n) is 3.53. The van der Waals surface area contributed by atoms with Crippen LogP contribution < -0.4 is 18.9 Å². The predicted octanol–water partition coefficient (Wildman–Crippen LogP) is 3.09. The van der Waals surface area contributed by atoms with Gasteiger partial charge in [-0.15, -0.1) is 0 Å². The van der Waals surface area contributed by atoms with E-state index in [1.165, 1.54) is 19.2 Å². The molecule has 0 spiro atoms. The monoisotopic (exact) mass is 419 g/mol. The summed E-state index contributed by atoms with van der Waals surface area (Å²) >= 11 is 0. The minimum Gasteiger partial charge on any atom is -0.497 e. The summed E-state index contributed by atoms with van der Waals surface area (Å²) in [5, 5.41) is 0. The van der Waals surface area contributed by atoms with Crippen LogP contribution in [0.4, 0.5) is 13.2 Å². The van der Waals surface area contributed by atoms with Crippen molar-refractivity contribution >= 4 is 10.0 Å². The third kappa shape index (κ3) is 7.28. The van der Waals surface area contributed by atoms with E-state index in [-0.39, 0.29) is 31.3 Å². The molecule has 0 bridgehead atoms. The highest BCUT2D eigenvalue weighted by Gasteiger charge is 2.30. The SMILES string of the molecule is COc1ccc(OCCS(=O)(=O)NCCOc2cccc(C(F)(F)F)c2)cc1. The van der Waals surface area contributed by atoms with E-state index in [0.29, 0.717) is 11.5 Å². The molecule has 0 saturated carbocycles. The predicted molar refractivity (Wildman–Crippen MR) is 97.2 cm³/mol. The molecule has 2 rings (SSSR count). The number of benzene rings is 2. The molecule has 0 fully saturated rings. The van der Waals surface area contributed by atoms with E-state index in [1.807, 2.05) is 0 Å². The zero-order valence-electron chi connectivity index (χ0n) is 15.0. The van der Waals surface area contributed by atoms with Gasteiger partial charge in [-0.05, 0) is 42.5 Å². The summed E-state index contributed by atoms with van der Waals surface area (Å²) < 4.78 is 79.5. The average Bonchev–Trinajstić information content (AvgIpc) is 2.65. The topological polar surface area (TPSA) is 73.9 Å². The number of rotatable bonds is 10. The molecule has 6 nitrogen and oxygen atoms in total. The van der Waals surface area contributed by atoms with Gasteiger partial charge in [-0.25, -0.2) is 13.1 Å². The van der Waals surface area contributed by atoms with E-state index in [1.54, 1.807) is 24.3 Å². The molecule has 10 heteroatoms. The quantitative estimate of drug-likeness (QED) is 0.599. The number of ether oxygens (including phenoxy) is 3. The Hall–Kier alpha value is -2.46. The van der Waals surface area contributed by atoms with Gasteiger partial charge >= 0.3 is 6.18 Å². The van der Waals surface area contributed by atoms with Crippen molar-refractivity contribution < 1.29 is 35.8 Å². The van der Waals surface area contributed by atoms with E-state index in [2.05, 4.69) is 4.72 Å². The number of alkyl halides is 3. The molecule has 1 N–H and O–H groups in total. The lowest BCUT2D eigenvalue weighted by atomic mass is 10.2. The van der Waals surface area contributed by atoms with E-state index < -0.39 is 21.8 Å². The van der Waals surface area contributed by atoms with E-state index in [9.17, 15) is 21.6 Å². The smallest absolute Gasteiger partial charge is 0.416 e. The lowest BCUT2D eigenvalue weighted by molar-refractivity contribution is -0.137. The molecule has 0 aromatic heterocycles. The van der Waals surface area contributed by atoms with E-state index in [4.69, 9.17) is 14.2 Å². The fourth-order valence-electron chi connectivity index (χ4n) is 2.14. The van der Waals surface area contributed by atoms with E-state index in [0.717, 1.165) is 12.1 Å². The van der Waals surface area contributed by atoms with Gasteiger partial charge in [0.2, 0.25) is 10.0 Å². The first kappa shape index (κ1) is 21.8. The average molecular weight is 419 g/mol. The second kappa shape index (κ2) is 9.65. The van der Waals surface area contributed by atoms with E-state index >= 15 is 0 Å². The summed E-state index contributed by atoms with van der Waals surface area (Å²) in [6.45, 7) is -0.253. The zero-order valence-corrected chi connectivity index (χ0v) is 15.8. The largest absolute Gasteiger partial charge is 0.497 e. The number of halogens is 3. The highest BCUT2D eigenvalue weighted by molar-refractivity contribution is 7.89. The van der Waals surface area contributed by atoms with Gasteiger partial charge in [0, 0.05) is 6.54 Å². The molecule has 154 valence electrons. The second-order valence-corrected chi connectivity index (χ2v) is 7.54. The molecule has 0 radical (unpaired) electrons. The van der Waals surface area contributed by atoms with Gasteiger partial charge in [-0.1, -0.05) is 6.07 Å². The Bertz CT molecular complexity index is 854. The summed E-state index contributed by atoms with van der Waals surface area (Å²) in [5.41, 5.74) is -0.832. The van der Waals surface area contributed by atoms with Crippen LogP contribution in [0.25, 0.3) is 0 Å². The van der Waals surface area contributed by atoms with Crippen LogP contribution in [-0.2, 0) is 16.2 Å². The Kier molecular flexibility index (Phi) is 7.53. The molecule has 2 aromatic carbocycles. The molecular formula is C18H20F3NO5S. The fraction of sp³-hybridized carbons (Fsp3) is 0.333. The van der Waals surface area contributed by atoms with Crippen LogP contribution in [0, 0.1) is 0 Å². The van der Waals surface area contributed by atoms with Crippen LogP contribution in [0.2, 0.25) is 0 Å². The van der Waals surface area contributed by atoms with Gasteiger partial charge in [0.05, 0.1) is 18.4 Å². The van der Waals surface area contributed by atoms with Crippen molar-refractivity contribution in [3.05, 3.63) is 54.1 Å². The summed E-state index contributed by atoms with van der Waals surface area (Å²) in [6.07, 6.45) is -4.47. The summed E-state index contributed by atoms with van der Waals surface area (Å²) in [7, 11) is -2.08. The first-order valence-corrected chi connectivity index (χ1v) is 9.89. The van der Waals surface area contributed by atoms with Gasteiger partial charge in [0.1, 0.15) is 30.5 Å². The lowest BCUT2D eigenvalue weighted by Crippen LogP contribution is -2.32. The Labute approximate surface area is 161 Å². The van der Waals surface area contributed by atoms with Crippen molar-refractivity contribution in [3.8, 4) is 17.2 Å². The Balaban J connectivity index is 1.71. The summed E-state index contributed by atoms with van der Waals surface area (Å²) in [4.78, 5) is 0. The zero-order chi connectivity index (χ0) is 20.6. The van der Waals surface area contributed by atoms with Gasteiger partial charge < -0.3 is 14.2 Å². The first-order valence-electron chi connectivity index (χ1n) is 8.24. The van der Waals surface area contributed by atoms with Gasteiger partial charge in [0.25, 0.3) is 0 Å². The van der Waals surface area contributed by atoms with Gasteiger partial charge in [-0.2, -0.15) is 13.2 Å². The van der Waals surface area contributed by atoms with Crippen LogP contribution in [-0.4, -0.2) is 41.0 Å². The van der Waals surface area contributed by atoms with Gasteiger partial charge in [-0.3, -0.25) is 0 Å². The van der Waals surface area contributed by atoms with Crippen molar-refractivity contribution in [3.63, 3.8) is 0 Å². The number of nitrogens with one attached hydrogen (secondary N) is 1. The molecule has 0 aliphatic rings. The molecule has 0 amide bonds. The summed E-state index contributed by atoms with van der Waals surface area (Å²) in [6, 6.07) is 11.1. The van der Waals surface area contributed by atoms with Crippen LogP contribution in [0.3, 0.4) is 0 Å². The van der Waals surface area contributed by atoms with Gasteiger partial charge in [0.15, 0.2) is 0 Å². The minimum atomic E-state index is -4.47. The molecule has 0 aliphatic carbocycles. The fourth-order valence-corrected chi connectivity index (χ4v) is 2.98. The highest BCUT2D eigenvalue weighted by Crippen LogP contribution is 2.31. The van der Waals surface area contributed by atoms with Crippen LogP contribution >= 0.6 is 0 Å². The number of sulfonamides is 1. The maximum atomic E-state index is 12.6. The molecule has 0 heterocycles. The van der Waals surface area contributed by atoms with Crippen LogP contribution in [0.1, 0.15) is 5.56 Å². The minimum absolute atomic E-state index is 0.0110. The van der Waals surface area contributed by atoms with Crippen LogP contribution in [0.15, 0.2) is 48.5 Å². The maximum absolute atomic E-state index is 12.6. The standard InChI is InChI=1S/C18H20F3NO5S/c1-25-15-5-7-16(8-6-15)27-11-12-28(23,24)22-9-10-26-17-4-2-3-14(13-17)18(19,20)21/h2-8,13,22H,9-12H2,1H3. The molecule has 0 unspecified atom stereocenters. The second-order valence-electron chi connectivity index (χ2n) is 5.61. The summed E-state index contributed by atoms with van der Waals surface area (Å²) in [5.74, 6) is 0.894. The Morgan fingerprint density at radius 1 is 0.929 bits per heavy atom. The maximum Gasteiger partial charge on any atom is 0.416 e. The Morgan fingerprint density at radius 2 is 1.57 bits per heavy atom. The molecule has 2 aromatic rings. The first-order chi connectivity index (χ1) is 13.2. The van der Waals surface area contributed by atoms with Crippen molar-refractivity contribution in [1.29, 1.82) is 0 Å². The highest BCUT2D eigenvalue weighted by atomic mass is 32.2. The molecule has 0 aliphatic heterocycles. The molecule has 0 saturated heterocycles. The van der Waals surface area contributed by atoms with Crippen molar-refractivity contribution in [2.24, 2.45) is 0 Å².